The van der Waals surface area contributed by atoms with E-state index >= 15 is 0 Å². The SMILES string of the molecule is [2H]C([2H])([2H])OC1CNCC1OC([2H])([2H])[2H]. The maximum atomic E-state index is 6.90. The summed E-state index contributed by atoms with van der Waals surface area (Å²) in [5.41, 5.74) is 0. The normalized spacial score (nSPS) is 48.0. The van der Waals surface area contributed by atoms with Crippen molar-refractivity contribution >= 4 is 0 Å². The lowest BCUT2D eigenvalue weighted by Crippen LogP contribution is -2.27. The Morgan fingerprint density at radius 3 is 2.33 bits per heavy atom. The number of ether oxygens (including phenoxy) is 2. The molecule has 0 radical (unpaired) electrons. The minimum absolute atomic E-state index is 0.277. The van der Waals surface area contributed by atoms with Gasteiger partial charge in [0.15, 0.2) is 0 Å². The molecule has 0 amide bonds. The van der Waals surface area contributed by atoms with Crippen molar-refractivity contribution in [2.24, 2.45) is 0 Å². The van der Waals surface area contributed by atoms with E-state index in [9.17, 15) is 0 Å². The molecule has 3 heteroatoms. The molecule has 1 fully saturated rings. The fraction of sp³-hybridized carbons (Fsp3) is 1.00. The number of rotatable bonds is 2. The second kappa shape index (κ2) is 3.15. The van der Waals surface area contributed by atoms with E-state index in [0.29, 0.717) is 0 Å². The number of hydrogen-bond donors (Lipinski definition) is 1. The molecule has 0 saturated carbocycles. The third-order valence-electron chi connectivity index (χ3n) is 1.41. The molecule has 1 aliphatic heterocycles. The van der Waals surface area contributed by atoms with Crippen LogP contribution >= 0.6 is 0 Å². The van der Waals surface area contributed by atoms with Crippen LogP contribution in [0.15, 0.2) is 0 Å². The van der Waals surface area contributed by atoms with E-state index in [4.69, 9.17) is 17.7 Å². The van der Waals surface area contributed by atoms with Gasteiger partial charge in [-0.25, -0.2) is 0 Å². The smallest absolute Gasteiger partial charge is 0.0969 e. The Hall–Kier alpha value is -0.120. The van der Waals surface area contributed by atoms with Gasteiger partial charge in [-0.15, -0.1) is 0 Å². The molecular weight excluding hydrogens is 118 g/mol. The molecule has 2 unspecified atom stereocenters. The zero-order valence-corrected chi connectivity index (χ0v) is 4.89. The van der Waals surface area contributed by atoms with Crippen LogP contribution in [-0.2, 0) is 9.47 Å². The van der Waals surface area contributed by atoms with Crippen molar-refractivity contribution < 1.29 is 17.7 Å². The first-order valence-electron chi connectivity index (χ1n) is 5.74. The Kier molecular flexibility index (Phi) is 0.872. The van der Waals surface area contributed by atoms with Gasteiger partial charge in [0.05, 0.1) is 20.4 Å². The monoisotopic (exact) mass is 137 g/mol. The molecule has 0 aromatic carbocycles. The van der Waals surface area contributed by atoms with E-state index in [1.165, 1.54) is 0 Å². The van der Waals surface area contributed by atoms with Crippen LogP contribution in [0, 0.1) is 0 Å². The molecule has 2 atom stereocenters. The van der Waals surface area contributed by atoms with Crippen molar-refractivity contribution in [3.63, 3.8) is 0 Å². The first kappa shape index (κ1) is 2.49. The molecule has 0 spiro atoms. The molecule has 0 aliphatic carbocycles. The number of hydrogen-bond acceptors (Lipinski definition) is 3. The highest BCUT2D eigenvalue weighted by Gasteiger charge is 2.25. The fourth-order valence-electron chi connectivity index (χ4n) is 0.866. The molecule has 9 heavy (non-hydrogen) atoms. The molecule has 3 nitrogen and oxygen atoms in total. The summed E-state index contributed by atoms with van der Waals surface area (Å²) < 4.78 is 50.9. The predicted octanol–water partition coefficient (Wildman–Crippen LogP) is -0.380. The lowest BCUT2D eigenvalue weighted by Gasteiger charge is -2.14. The molecule has 0 aromatic rings. The van der Waals surface area contributed by atoms with Crippen LogP contribution in [0.1, 0.15) is 8.22 Å². The van der Waals surface area contributed by atoms with Crippen LogP contribution in [0.4, 0.5) is 0 Å². The molecule has 1 saturated heterocycles. The quantitative estimate of drug-likeness (QED) is 0.563. The van der Waals surface area contributed by atoms with Crippen LogP contribution in [-0.4, -0.2) is 39.4 Å². The summed E-state index contributed by atoms with van der Waals surface area (Å²) in [6.45, 7) is 0.554. The summed E-state index contributed by atoms with van der Waals surface area (Å²) in [7, 11) is -5.07. The van der Waals surface area contributed by atoms with Crippen molar-refractivity contribution in [3.8, 4) is 0 Å². The Morgan fingerprint density at radius 1 is 1.33 bits per heavy atom. The number of methoxy groups -OCH3 is 2. The highest BCUT2D eigenvalue weighted by atomic mass is 16.5. The predicted molar refractivity (Wildman–Crippen MR) is 34.5 cm³/mol. The summed E-state index contributed by atoms with van der Waals surface area (Å²) in [6, 6.07) is 0. The Morgan fingerprint density at radius 2 is 1.89 bits per heavy atom. The van der Waals surface area contributed by atoms with Gasteiger partial charge in [-0.2, -0.15) is 0 Å². The summed E-state index contributed by atoms with van der Waals surface area (Å²) in [5, 5.41) is 2.82. The van der Waals surface area contributed by atoms with E-state index in [1.54, 1.807) is 0 Å². The zero-order valence-electron chi connectivity index (χ0n) is 10.9. The van der Waals surface area contributed by atoms with E-state index in [0.717, 1.165) is 0 Å². The van der Waals surface area contributed by atoms with Crippen molar-refractivity contribution in [2.45, 2.75) is 12.2 Å². The van der Waals surface area contributed by atoms with Crippen molar-refractivity contribution in [1.29, 1.82) is 0 Å². The summed E-state index contributed by atoms with van der Waals surface area (Å²) in [6.07, 6.45) is -1.50. The van der Waals surface area contributed by atoms with E-state index < -0.39 is 26.3 Å². The average Bonchev–Trinajstić information content (AvgIpc) is 2.29. The van der Waals surface area contributed by atoms with Crippen LogP contribution in [0.2, 0.25) is 0 Å². The Bertz CT molecular complexity index is 193. The van der Waals surface area contributed by atoms with Gasteiger partial charge < -0.3 is 14.8 Å². The molecule has 1 rings (SSSR count). The summed E-state index contributed by atoms with van der Waals surface area (Å²) in [4.78, 5) is 0. The molecule has 0 aromatic heterocycles. The van der Waals surface area contributed by atoms with E-state index in [1.807, 2.05) is 0 Å². The highest BCUT2D eigenvalue weighted by molar-refractivity contribution is 4.81. The van der Waals surface area contributed by atoms with Gasteiger partial charge in [0.25, 0.3) is 0 Å². The first-order chi connectivity index (χ1) is 6.67. The standard InChI is InChI=1S/C6H13NO2/c1-8-5-3-7-4-6(5)9-2/h5-7H,3-4H2,1-2H3/i1D3,2D3. The van der Waals surface area contributed by atoms with Crippen molar-refractivity contribution in [2.75, 3.05) is 27.2 Å². The first-order valence-corrected chi connectivity index (χ1v) is 2.74. The van der Waals surface area contributed by atoms with Gasteiger partial charge in [-0.3, -0.25) is 0 Å². The van der Waals surface area contributed by atoms with E-state index in [-0.39, 0.29) is 13.1 Å². The van der Waals surface area contributed by atoms with Gasteiger partial charge in [0.1, 0.15) is 0 Å². The zero-order chi connectivity index (χ0) is 11.7. The fourth-order valence-corrected chi connectivity index (χ4v) is 0.866. The molecular formula is C6H13NO2. The van der Waals surface area contributed by atoms with Gasteiger partial charge in [0, 0.05) is 27.2 Å². The summed E-state index contributed by atoms with van der Waals surface area (Å²) >= 11 is 0. The third kappa shape index (κ3) is 1.41. The maximum absolute atomic E-state index is 6.90. The largest absolute Gasteiger partial charge is 0.377 e. The van der Waals surface area contributed by atoms with Crippen LogP contribution in [0.25, 0.3) is 0 Å². The minimum atomic E-state index is -2.53. The Balaban J connectivity index is 2.50. The second-order valence-electron chi connectivity index (χ2n) is 1.97. The van der Waals surface area contributed by atoms with Crippen LogP contribution in [0.3, 0.4) is 0 Å². The topological polar surface area (TPSA) is 30.5 Å². The van der Waals surface area contributed by atoms with Gasteiger partial charge in [-0.05, 0) is 0 Å². The van der Waals surface area contributed by atoms with Crippen LogP contribution < -0.4 is 5.32 Å². The molecule has 1 N–H and O–H groups in total. The molecule has 54 valence electrons. The van der Waals surface area contributed by atoms with Gasteiger partial charge in [0.2, 0.25) is 0 Å². The van der Waals surface area contributed by atoms with Crippen molar-refractivity contribution in [3.05, 3.63) is 0 Å². The molecule has 1 aliphatic rings. The lowest BCUT2D eigenvalue weighted by atomic mass is 10.3. The van der Waals surface area contributed by atoms with Crippen LogP contribution in [0.5, 0.6) is 0 Å². The summed E-state index contributed by atoms with van der Waals surface area (Å²) in [5.74, 6) is 0. The number of nitrogens with one attached hydrogen (secondary N) is 1. The maximum Gasteiger partial charge on any atom is 0.0969 e. The lowest BCUT2D eigenvalue weighted by molar-refractivity contribution is -0.00461. The third-order valence-corrected chi connectivity index (χ3v) is 1.41. The second-order valence-corrected chi connectivity index (χ2v) is 1.97. The Labute approximate surface area is 63.8 Å². The average molecular weight is 137 g/mol. The van der Waals surface area contributed by atoms with Gasteiger partial charge in [-0.1, -0.05) is 0 Å². The minimum Gasteiger partial charge on any atom is -0.377 e. The highest BCUT2D eigenvalue weighted by Crippen LogP contribution is 2.05. The van der Waals surface area contributed by atoms with E-state index in [2.05, 4.69) is 5.32 Å². The molecule has 0 bridgehead atoms. The van der Waals surface area contributed by atoms with Crippen molar-refractivity contribution in [1.82, 2.24) is 5.32 Å². The van der Waals surface area contributed by atoms with Gasteiger partial charge >= 0.3 is 0 Å². The molecule has 1 heterocycles.